The lowest BCUT2D eigenvalue weighted by atomic mass is 10.2. The summed E-state index contributed by atoms with van der Waals surface area (Å²) in [6.07, 6.45) is 0. The highest BCUT2D eigenvalue weighted by Crippen LogP contribution is 2.05. The maximum Gasteiger partial charge on any atom is 0.152 e. The van der Waals surface area contributed by atoms with Gasteiger partial charge in [0, 0.05) is 5.56 Å². The number of oxime groups is 1. The molecule has 0 aliphatic carbocycles. The second-order valence-electron chi connectivity index (χ2n) is 1.93. The highest BCUT2D eigenvalue weighted by Gasteiger charge is 1.95. The van der Waals surface area contributed by atoms with Crippen molar-refractivity contribution in [3.05, 3.63) is 35.9 Å². The first-order valence-electron chi connectivity index (χ1n) is 3.16. The summed E-state index contributed by atoms with van der Waals surface area (Å²) in [5, 5.41) is 3.73. The van der Waals surface area contributed by atoms with Gasteiger partial charge in [0.15, 0.2) is 4.62 Å². The molecule has 0 aromatic heterocycles. The van der Waals surface area contributed by atoms with E-state index in [0.29, 0.717) is 4.62 Å². The van der Waals surface area contributed by atoms with Gasteiger partial charge in [-0.05, 0) is 15.9 Å². The van der Waals surface area contributed by atoms with E-state index >= 15 is 0 Å². The Morgan fingerprint density at radius 3 is 2.55 bits per heavy atom. The standard InChI is InChI=1S/C8H8BrNO/c1-11-10-8(9)7-5-3-2-4-6-7/h2-6H,1H3/b10-8+. The van der Waals surface area contributed by atoms with E-state index in [0.717, 1.165) is 5.56 Å². The second kappa shape index (κ2) is 4.13. The first kappa shape index (κ1) is 8.27. The minimum atomic E-state index is 0.709. The fraction of sp³-hybridized carbons (Fsp3) is 0.125. The summed E-state index contributed by atoms with van der Waals surface area (Å²) in [7, 11) is 1.52. The van der Waals surface area contributed by atoms with Gasteiger partial charge in [-0.25, -0.2) is 0 Å². The van der Waals surface area contributed by atoms with Crippen LogP contribution in [0.4, 0.5) is 0 Å². The van der Waals surface area contributed by atoms with Crippen LogP contribution < -0.4 is 0 Å². The Bertz CT molecular complexity index is 246. The van der Waals surface area contributed by atoms with Gasteiger partial charge in [0.2, 0.25) is 0 Å². The monoisotopic (exact) mass is 213 g/mol. The average molecular weight is 214 g/mol. The molecule has 0 amide bonds. The second-order valence-corrected chi connectivity index (χ2v) is 2.68. The minimum Gasteiger partial charge on any atom is -0.398 e. The third-order valence-corrected chi connectivity index (χ3v) is 1.79. The summed E-state index contributed by atoms with van der Waals surface area (Å²) in [6.45, 7) is 0. The highest BCUT2D eigenvalue weighted by molar-refractivity contribution is 9.18. The van der Waals surface area contributed by atoms with Crippen molar-refractivity contribution in [1.29, 1.82) is 0 Å². The molecule has 0 aliphatic rings. The van der Waals surface area contributed by atoms with Crippen molar-refractivity contribution in [3.63, 3.8) is 0 Å². The summed E-state index contributed by atoms with van der Waals surface area (Å²) >= 11 is 3.27. The summed E-state index contributed by atoms with van der Waals surface area (Å²) in [5.74, 6) is 0. The Hall–Kier alpha value is -0.830. The van der Waals surface area contributed by atoms with Crippen LogP contribution in [0.1, 0.15) is 5.56 Å². The predicted octanol–water partition coefficient (Wildman–Crippen LogP) is 2.39. The molecule has 0 aliphatic heterocycles. The van der Waals surface area contributed by atoms with Crippen LogP contribution in [0.25, 0.3) is 0 Å². The van der Waals surface area contributed by atoms with E-state index in [4.69, 9.17) is 0 Å². The SMILES string of the molecule is CO/N=C(/Br)c1ccccc1. The number of benzene rings is 1. The fourth-order valence-electron chi connectivity index (χ4n) is 0.709. The maximum absolute atomic E-state index is 4.60. The van der Waals surface area contributed by atoms with Crippen LogP contribution in [0.2, 0.25) is 0 Å². The molecule has 0 radical (unpaired) electrons. The smallest absolute Gasteiger partial charge is 0.152 e. The molecule has 0 atom stereocenters. The molecule has 0 N–H and O–H groups in total. The minimum absolute atomic E-state index is 0.709. The van der Waals surface area contributed by atoms with Crippen molar-refractivity contribution in [2.75, 3.05) is 7.11 Å². The third-order valence-electron chi connectivity index (χ3n) is 1.18. The van der Waals surface area contributed by atoms with Crippen LogP contribution in [-0.4, -0.2) is 11.7 Å². The molecule has 58 valence electrons. The zero-order valence-electron chi connectivity index (χ0n) is 6.12. The molecule has 0 saturated heterocycles. The molecule has 1 rings (SSSR count). The first-order valence-corrected chi connectivity index (χ1v) is 3.96. The van der Waals surface area contributed by atoms with Gasteiger partial charge in [-0.15, -0.1) is 0 Å². The van der Waals surface area contributed by atoms with E-state index in [9.17, 15) is 0 Å². The Labute approximate surface area is 74.0 Å². The Morgan fingerprint density at radius 2 is 2.00 bits per heavy atom. The molecular formula is C8H8BrNO. The number of hydrogen-bond donors (Lipinski definition) is 0. The summed E-state index contributed by atoms with van der Waals surface area (Å²) in [6, 6.07) is 9.75. The van der Waals surface area contributed by atoms with Gasteiger partial charge < -0.3 is 4.84 Å². The van der Waals surface area contributed by atoms with E-state index in [2.05, 4.69) is 25.9 Å². The van der Waals surface area contributed by atoms with Gasteiger partial charge in [0.25, 0.3) is 0 Å². The molecule has 2 nitrogen and oxygen atoms in total. The Morgan fingerprint density at radius 1 is 1.36 bits per heavy atom. The lowest BCUT2D eigenvalue weighted by Gasteiger charge is -1.95. The zero-order valence-corrected chi connectivity index (χ0v) is 7.71. The molecule has 0 heterocycles. The van der Waals surface area contributed by atoms with Crippen LogP contribution in [-0.2, 0) is 4.84 Å². The van der Waals surface area contributed by atoms with Crippen LogP contribution in [0.5, 0.6) is 0 Å². The molecule has 3 heteroatoms. The molecule has 0 spiro atoms. The predicted molar refractivity (Wildman–Crippen MR) is 48.9 cm³/mol. The van der Waals surface area contributed by atoms with Crippen molar-refractivity contribution in [2.45, 2.75) is 0 Å². The average Bonchev–Trinajstić information content (AvgIpc) is 2.07. The lowest BCUT2D eigenvalue weighted by Crippen LogP contribution is -1.89. The Kier molecular flexibility index (Phi) is 3.11. The molecule has 1 aromatic carbocycles. The summed E-state index contributed by atoms with van der Waals surface area (Å²) in [4.78, 5) is 4.60. The first-order chi connectivity index (χ1) is 5.34. The van der Waals surface area contributed by atoms with Gasteiger partial charge in [0.1, 0.15) is 7.11 Å². The van der Waals surface area contributed by atoms with Gasteiger partial charge in [0.05, 0.1) is 0 Å². The summed E-state index contributed by atoms with van der Waals surface area (Å²) in [5.41, 5.74) is 1.01. The van der Waals surface area contributed by atoms with Gasteiger partial charge in [-0.2, -0.15) is 0 Å². The van der Waals surface area contributed by atoms with Crippen LogP contribution in [0.15, 0.2) is 35.5 Å². The van der Waals surface area contributed by atoms with Gasteiger partial charge in [-0.3, -0.25) is 0 Å². The van der Waals surface area contributed by atoms with Crippen molar-refractivity contribution in [1.82, 2.24) is 0 Å². The van der Waals surface area contributed by atoms with E-state index < -0.39 is 0 Å². The molecular weight excluding hydrogens is 206 g/mol. The van der Waals surface area contributed by atoms with Crippen LogP contribution in [0.3, 0.4) is 0 Å². The molecule has 1 aromatic rings. The number of rotatable bonds is 2. The van der Waals surface area contributed by atoms with Crippen LogP contribution in [0, 0.1) is 0 Å². The van der Waals surface area contributed by atoms with Crippen LogP contribution >= 0.6 is 15.9 Å². The summed E-state index contributed by atoms with van der Waals surface area (Å²) < 4.78 is 0.709. The highest BCUT2D eigenvalue weighted by atomic mass is 79.9. The Balaban J connectivity index is 2.85. The molecule has 0 bridgehead atoms. The number of nitrogens with zero attached hydrogens (tertiary/aromatic N) is 1. The van der Waals surface area contributed by atoms with Gasteiger partial charge >= 0.3 is 0 Å². The van der Waals surface area contributed by atoms with Crippen molar-refractivity contribution in [2.24, 2.45) is 5.16 Å². The van der Waals surface area contributed by atoms with Crippen molar-refractivity contribution < 1.29 is 4.84 Å². The normalized spacial score (nSPS) is 11.3. The van der Waals surface area contributed by atoms with Crippen molar-refractivity contribution in [3.8, 4) is 0 Å². The van der Waals surface area contributed by atoms with E-state index in [-0.39, 0.29) is 0 Å². The quantitative estimate of drug-likeness (QED) is 0.547. The topological polar surface area (TPSA) is 21.6 Å². The number of hydrogen-bond acceptors (Lipinski definition) is 2. The maximum atomic E-state index is 4.60. The van der Waals surface area contributed by atoms with E-state index in [1.54, 1.807) is 0 Å². The lowest BCUT2D eigenvalue weighted by molar-refractivity contribution is 0.215. The van der Waals surface area contributed by atoms with E-state index in [1.165, 1.54) is 7.11 Å². The number of halogens is 1. The van der Waals surface area contributed by atoms with Gasteiger partial charge in [-0.1, -0.05) is 35.5 Å². The zero-order chi connectivity index (χ0) is 8.10. The van der Waals surface area contributed by atoms with E-state index in [1.807, 2.05) is 30.3 Å². The largest absolute Gasteiger partial charge is 0.398 e. The molecule has 0 unspecified atom stereocenters. The third kappa shape index (κ3) is 2.35. The molecule has 11 heavy (non-hydrogen) atoms. The molecule has 0 fully saturated rings. The fourth-order valence-corrected chi connectivity index (χ4v) is 1.12. The van der Waals surface area contributed by atoms with Crippen molar-refractivity contribution >= 4 is 20.6 Å². The molecule has 0 saturated carbocycles.